The molecule has 1 N–H and O–H groups in total. The fraction of sp³-hybridized carbons (Fsp3) is 0.182. The number of methoxy groups -OCH3 is 3. The molecule has 2 aromatic carbocycles. The first-order chi connectivity index (χ1) is 14.9. The quantitative estimate of drug-likeness (QED) is 0.295. The van der Waals surface area contributed by atoms with Gasteiger partial charge in [-0.25, -0.2) is 4.39 Å². The van der Waals surface area contributed by atoms with Gasteiger partial charge in [0.15, 0.2) is 11.5 Å². The van der Waals surface area contributed by atoms with Crippen LogP contribution in [0, 0.1) is 5.82 Å². The Kier molecular flexibility index (Phi) is 5.61. The maximum absolute atomic E-state index is 14.0. The van der Waals surface area contributed by atoms with E-state index in [0.717, 1.165) is 5.52 Å². The van der Waals surface area contributed by atoms with Crippen LogP contribution in [0.1, 0.15) is 11.1 Å². The van der Waals surface area contributed by atoms with E-state index in [1.54, 1.807) is 24.4 Å². The largest absolute Gasteiger partial charge is 0.493 e. The zero-order valence-electron chi connectivity index (χ0n) is 16.9. The highest BCUT2D eigenvalue weighted by Gasteiger charge is 2.35. The van der Waals surface area contributed by atoms with Gasteiger partial charge in [-0.1, -0.05) is 22.6 Å². The number of carbonyl (C=O) groups is 2. The average molecular weight is 536 g/mol. The van der Waals surface area contributed by atoms with Crippen LogP contribution >= 0.6 is 22.6 Å². The third-order valence-electron chi connectivity index (χ3n) is 5.13. The minimum atomic E-state index is -0.555. The Morgan fingerprint density at radius 3 is 2.19 bits per heavy atom. The number of ether oxygens (including phenoxy) is 3. The van der Waals surface area contributed by atoms with Gasteiger partial charge in [0.05, 0.1) is 37.0 Å². The van der Waals surface area contributed by atoms with Gasteiger partial charge in [-0.15, -0.1) is 0 Å². The fourth-order valence-corrected chi connectivity index (χ4v) is 4.34. The minimum Gasteiger partial charge on any atom is -0.493 e. The lowest BCUT2D eigenvalue weighted by Crippen LogP contribution is -2.22. The second-order valence-electron chi connectivity index (χ2n) is 6.74. The van der Waals surface area contributed by atoms with E-state index < -0.39 is 17.6 Å². The van der Waals surface area contributed by atoms with Crippen molar-refractivity contribution < 1.29 is 28.2 Å². The number of carbonyl (C=O) groups excluding carboxylic acids is 2. The van der Waals surface area contributed by atoms with E-state index in [4.69, 9.17) is 14.2 Å². The lowest BCUT2D eigenvalue weighted by Gasteiger charge is -2.14. The molecule has 0 saturated heterocycles. The Morgan fingerprint density at radius 2 is 1.61 bits per heavy atom. The van der Waals surface area contributed by atoms with Crippen LogP contribution in [-0.4, -0.2) is 37.7 Å². The predicted molar refractivity (Wildman–Crippen MR) is 122 cm³/mol. The molecule has 0 saturated carbocycles. The van der Waals surface area contributed by atoms with Crippen LogP contribution in [0.25, 0.3) is 22.0 Å². The highest BCUT2D eigenvalue weighted by atomic mass is 127. The summed E-state index contributed by atoms with van der Waals surface area (Å²) >= 11 is 2.18. The highest BCUT2D eigenvalue weighted by molar-refractivity contribution is 14.1. The first kappa shape index (κ1) is 21.2. The van der Waals surface area contributed by atoms with Crippen LogP contribution in [-0.2, 0) is 14.1 Å². The molecule has 1 aliphatic rings. The van der Waals surface area contributed by atoms with Crippen molar-refractivity contribution in [3.63, 3.8) is 0 Å². The van der Waals surface area contributed by atoms with E-state index in [1.165, 1.54) is 33.5 Å². The number of imide groups is 1. The summed E-state index contributed by atoms with van der Waals surface area (Å²) < 4.78 is 32.7. The molecule has 0 spiro atoms. The van der Waals surface area contributed by atoms with Crippen LogP contribution < -0.4 is 19.5 Å². The van der Waals surface area contributed by atoms with Gasteiger partial charge in [-0.05, 0) is 35.9 Å². The summed E-state index contributed by atoms with van der Waals surface area (Å²) in [6.45, 7) is 0. The molecule has 4 rings (SSSR count). The number of amides is 2. The fourth-order valence-electron chi connectivity index (χ4n) is 3.78. The summed E-state index contributed by atoms with van der Waals surface area (Å²) in [5.41, 5.74) is 1.96. The van der Waals surface area contributed by atoms with Gasteiger partial charge in [-0.3, -0.25) is 14.9 Å². The molecule has 1 aliphatic heterocycles. The standard InChI is InChI=1S/C22H18FIN2O5/c1-29-16-6-11(7-17(30-2)20(16)31-3)18-19(22(28)25-21(18)27)14-9-26(10-24)15-5-4-12(23)8-13(14)15/h4-9H,10H2,1-3H3,(H,25,27,28). The van der Waals surface area contributed by atoms with Crippen molar-refractivity contribution in [1.29, 1.82) is 0 Å². The van der Waals surface area contributed by atoms with E-state index in [0.29, 0.717) is 38.3 Å². The molecule has 9 heteroatoms. The Labute approximate surface area is 190 Å². The predicted octanol–water partition coefficient (Wildman–Crippen LogP) is 3.77. The third-order valence-corrected chi connectivity index (χ3v) is 5.86. The summed E-state index contributed by atoms with van der Waals surface area (Å²) in [5.74, 6) is -0.483. The van der Waals surface area contributed by atoms with Crippen LogP contribution in [0.15, 0.2) is 36.5 Å². The molecule has 0 unspecified atom stereocenters. The molecule has 0 fully saturated rings. The maximum Gasteiger partial charge on any atom is 0.259 e. The second kappa shape index (κ2) is 8.22. The first-order valence-electron chi connectivity index (χ1n) is 9.18. The van der Waals surface area contributed by atoms with E-state index in [9.17, 15) is 14.0 Å². The van der Waals surface area contributed by atoms with Crippen LogP contribution in [0.5, 0.6) is 17.2 Å². The summed E-state index contributed by atoms with van der Waals surface area (Å²) in [6, 6.07) is 7.59. The van der Waals surface area contributed by atoms with Crippen molar-refractivity contribution in [3.05, 3.63) is 53.5 Å². The van der Waals surface area contributed by atoms with Gasteiger partial charge in [0.25, 0.3) is 11.8 Å². The number of nitrogens with zero attached hydrogens (tertiary/aromatic N) is 1. The topological polar surface area (TPSA) is 78.8 Å². The van der Waals surface area contributed by atoms with E-state index >= 15 is 0 Å². The molecule has 2 heterocycles. The van der Waals surface area contributed by atoms with Gasteiger partial charge in [-0.2, -0.15) is 0 Å². The summed E-state index contributed by atoms with van der Waals surface area (Å²) in [7, 11) is 4.41. The molecule has 31 heavy (non-hydrogen) atoms. The summed E-state index contributed by atoms with van der Waals surface area (Å²) in [5, 5.41) is 2.90. The Morgan fingerprint density at radius 1 is 0.968 bits per heavy atom. The van der Waals surface area contributed by atoms with Crippen LogP contribution in [0.4, 0.5) is 4.39 Å². The lowest BCUT2D eigenvalue weighted by molar-refractivity contribution is -0.122. The van der Waals surface area contributed by atoms with Crippen molar-refractivity contribution in [3.8, 4) is 17.2 Å². The van der Waals surface area contributed by atoms with Gasteiger partial charge in [0, 0.05) is 22.7 Å². The Balaban J connectivity index is 2.05. The molecule has 0 atom stereocenters. The molecule has 7 nitrogen and oxygen atoms in total. The third kappa shape index (κ3) is 3.42. The average Bonchev–Trinajstić information content (AvgIpc) is 3.27. The minimum absolute atomic E-state index is 0.154. The zero-order chi connectivity index (χ0) is 22.3. The maximum atomic E-state index is 14.0. The van der Waals surface area contributed by atoms with Crippen molar-refractivity contribution in [1.82, 2.24) is 9.88 Å². The molecule has 0 bridgehead atoms. The number of nitrogens with one attached hydrogen (secondary N) is 1. The lowest BCUT2D eigenvalue weighted by atomic mass is 9.95. The van der Waals surface area contributed by atoms with E-state index in [-0.39, 0.29) is 11.1 Å². The molecule has 160 valence electrons. The number of fused-ring (bicyclic) bond motifs is 1. The van der Waals surface area contributed by atoms with Crippen LogP contribution in [0.3, 0.4) is 0 Å². The normalized spacial score (nSPS) is 13.7. The Hall–Kier alpha value is -3.08. The molecule has 3 aromatic rings. The van der Waals surface area contributed by atoms with E-state index in [1.807, 2.05) is 4.57 Å². The van der Waals surface area contributed by atoms with Crippen LogP contribution in [0.2, 0.25) is 0 Å². The Bertz CT molecular complexity index is 1240. The molecule has 0 radical (unpaired) electrons. The zero-order valence-corrected chi connectivity index (χ0v) is 19.1. The highest BCUT2D eigenvalue weighted by Crippen LogP contribution is 2.43. The molecule has 1 aromatic heterocycles. The van der Waals surface area contributed by atoms with Crippen molar-refractivity contribution in [2.24, 2.45) is 0 Å². The van der Waals surface area contributed by atoms with Gasteiger partial charge >= 0.3 is 0 Å². The smallest absolute Gasteiger partial charge is 0.259 e. The molecular weight excluding hydrogens is 518 g/mol. The molecular formula is C22H18FIN2O5. The number of hydrogen-bond donors (Lipinski definition) is 1. The number of hydrogen-bond acceptors (Lipinski definition) is 5. The molecule has 2 amide bonds. The van der Waals surface area contributed by atoms with Gasteiger partial charge in [0.2, 0.25) is 5.75 Å². The van der Waals surface area contributed by atoms with E-state index in [2.05, 4.69) is 27.9 Å². The summed E-state index contributed by atoms with van der Waals surface area (Å²) in [6.07, 6.45) is 1.75. The number of benzene rings is 2. The summed E-state index contributed by atoms with van der Waals surface area (Å²) in [4.78, 5) is 25.7. The van der Waals surface area contributed by atoms with Crippen molar-refractivity contribution >= 4 is 56.5 Å². The van der Waals surface area contributed by atoms with Crippen molar-refractivity contribution in [2.45, 2.75) is 4.55 Å². The first-order valence-corrected chi connectivity index (χ1v) is 10.7. The van der Waals surface area contributed by atoms with Gasteiger partial charge < -0.3 is 18.8 Å². The SMILES string of the molecule is COc1cc(C2=C(c3cn(CI)c4ccc(F)cc34)C(=O)NC2=O)cc(OC)c1OC. The number of rotatable bonds is 6. The number of aromatic nitrogens is 1. The van der Waals surface area contributed by atoms with Gasteiger partial charge in [0.1, 0.15) is 5.82 Å². The second-order valence-corrected chi connectivity index (χ2v) is 7.42. The molecule has 0 aliphatic carbocycles. The van der Waals surface area contributed by atoms with Crippen molar-refractivity contribution in [2.75, 3.05) is 21.3 Å². The monoisotopic (exact) mass is 536 g/mol. The number of halogens is 2. The number of alkyl halides is 1.